The summed E-state index contributed by atoms with van der Waals surface area (Å²) in [5.41, 5.74) is 6.95. The smallest absolute Gasteiger partial charge is 0.323 e. The van der Waals surface area contributed by atoms with Gasteiger partial charge in [0.1, 0.15) is 6.54 Å². The van der Waals surface area contributed by atoms with Crippen molar-refractivity contribution >= 4 is 17.6 Å². The molecule has 0 aromatic carbocycles. The van der Waals surface area contributed by atoms with Gasteiger partial charge in [-0.05, 0) is 40.7 Å². The second-order valence-corrected chi connectivity index (χ2v) is 5.76. The van der Waals surface area contributed by atoms with E-state index in [4.69, 9.17) is 10.8 Å². The number of pyridine rings is 1. The van der Waals surface area contributed by atoms with Gasteiger partial charge in [0.05, 0.1) is 16.9 Å². The Bertz CT molecular complexity index is 547. The molecular formula is C14H21N3O3. The van der Waals surface area contributed by atoms with Crippen LogP contribution in [-0.4, -0.2) is 34.1 Å². The first-order valence-electron chi connectivity index (χ1n) is 6.31. The number of carbonyl (C=O) groups excluding carboxylic acids is 1. The molecule has 0 radical (unpaired) electrons. The Morgan fingerprint density at radius 1 is 1.35 bits per heavy atom. The highest BCUT2D eigenvalue weighted by atomic mass is 16.4. The molecule has 0 aliphatic rings. The van der Waals surface area contributed by atoms with E-state index in [9.17, 15) is 9.59 Å². The summed E-state index contributed by atoms with van der Waals surface area (Å²) in [6.45, 7) is 8.91. The summed E-state index contributed by atoms with van der Waals surface area (Å²) in [6, 6.07) is 1.70. The molecular weight excluding hydrogens is 258 g/mol. The average Bonchev–Trinajstić information content (AvgIpc) is 2.21. The van der Waals surface area contributed by atoms with Crippen LogP contribution in [0.15, 0.2) is 6.07 Å². The van der Waals surface area contributed by atoms with E-state index in [0.717, 1.165) is 0 Å². The van der Waals surface area contributed by atoms with Gasteiger partial charge in [-0.3, -0.25) is 14.6 Å². The minimum absolute atomic E-state index is 0.216. The van der Waals surface area contributed by atoms with Gasteiger partial charge >= 0.3 is 5.97 Å². The van der Waals surface area contributed by atoms with E-state index in [2.05, 4.69) is 4.98 Å². The van der Waals surface area contributed by atoms with Crippen molar-refractivity contribution in [1.82, 2.24) is 4.98 Å². The van der Waals surface area contributed by atoms with Gasteiger partial charge in [-0.15, -0.1) is 0 Å². The summed E-state index contributed by atoms with van der Waals surface area (Å²) < 4.78 is 0. The van der Waals surface area contributed by atoms with E-state index in [1.165, 1.54) is 0 Å². The maximum absolute atomic E-state index is 11.7. The summed E-state index contributed by atoms with van der Waals surface area (Å²) in [6.07, 6.45) is 0. The number of carbonyl (C=O) groups is 2. The number of hydrogen-bond acceptors (Lipinski definition) is 4. The normalized spacial score (nSPS) is 11.2. The Hall–Kier alpha value is -2.11. The van der Waals surface area contributed by atoms with Gasteiger partial charge in [-0.1, -0.05) is 0 Å². The fourth-order valence-electron chi connectivity index (χ4n) is 2.14. The fraction of sp³-hybridized carbons (Fsp3) is 0.500. The third kappa shape index (κ3) is 3.46. The van der Waals surface area contributed by atoms with Crippen LogP contribution >= 0.6 is 0 Å². The lowest BCUT2D eigenvalue weighted by Crippen LogP contribution is -2.45. The minimum atomic E-state index is -0.970. The predicted octanol–water partition coefficient (Wildman–Crippen LogP) is 1.49. The van der Waals surface area contributed by atoms with E-state index < -0.39 is 17.4 Å². The van der Waals surface area contributed by atoms with Crippen molar-refractivity contribution in [3.05, 3.63) is 23.0 Å². The van der Waals surface area contributed by atoms with E-state index in [0.29, 0.717) is 17.1 Å². The first kappa shape index (κ1) is 15.9. The van der Waals surface area contributed by atoms with E-state index in [-0.39, 0.29) is 12.1 Å². The third-order valence-electron chi connectivity index (χ3n) is 2.95. The molecule has 0 atom stereocenters. The highest BCUT2D eigenvalue weighted by molar-refractivity contribution is 6.00. The molecule has 0 aliphatic heterocycles. The highest BCUT2D eigenvalue weighted by Gasteiger charge is 2.28. The molecule has 1 rings (SSSR count). The van der Waals surface area contributed by atoms with Crippen LogP contribution in [0.5, 0.6) is 0 Å². The standard InChI is InChI=1S/C14H21N3O3/c1-8-6-10(12(13(15)20)9(2)16-8)17(7-11(18)19)14(3,4)5/h6H,7H2,1-5H3,(H2,15,20)(H,18,19). The molecule has 0 aliphatic carbocycles. The van der Waals surface area contributed by atoms with Crippen molar-refractivity contribution in [3.8, 4) is 0 Å². The Labute approximate surface area is 118 Å². The van der Waals surface area contributed by atoms with Gasteiger partial charge < -0.3 is 15.7 Å². The second kappa shape index (κ2) is 5.48. The number of anilines is 1. The number of aliphatic carboxylic acids is 1. The number of hydrogen-bond donors (Lipinski definition) is 2. The quantitative estimate of drug-likeness (QED) is 0.870. The molecule has 6 nitrogen and oxygen atoms in total. The highest BCUT2D eigenvalue weighted by Crippen LogP contribution is 2.29. The molecule has 110 valence electrons. The lowest BCUT2D eigenvalue weighted by molar-refractivity contribution is -0.135. The third-order valence-corrected chi connectivity index (χ3v) is 2.95. The van der Waals surface area contributed by atoms with Gasteiger partial charge in [-0.25, -0.2) is 0 Å². The number of aryl methyl sites for hydroxylation is 2. The van der Waals surface area contributed by atoms with Gasteiger partial charge in [0.2, 0.25) is 0 Å². The number of primary amides is 1. The van der Waals surface area contributed by atoms with Crippen molar-refractivity contribution in [1.29, 1.82) is 0 Å². The summed E-state index contributed by atoms with van der Waals surface area (Å²) in [4.78, 5) is 28.7. The SMILES string of the molecule is Cc1cc(N(CC(=O)O)C(C)(C)C)c(C(N)=O)c(C)n1. The van der Waals surface area contributed by atoms with Gasteiger partial charge in [0, 0.05) is 11.2 Å². The molecule has 0 bridgehead atoms. The molecule has 1 aromatic heterocycles. The number of carboxylic acids is 1. The Morgan fingerprint density at radius 2 is 1.90 bits per heavy atom. The number of rotatable bonds is 4. The molecule has 1 heterocycles. The first-order valence-corrected chi connectivity index (χ1v) is 6.31. The molecule has 1 aromatic rings. The van der Waals surface area contributed by atoms with E-state index >= 15 is 0 Å². The zero-order valence-corrected chi connectivity index (χ0v) is 12.5. The van der Waals surface area contributed by atoms with Crippen molar-refractivity contribution < 1.29 is 14.7 Å². The van der Waals surface area contributed by atoms with Gasteiger partial charge in [0.15, 0.2) is 0 Å². The summed E-state index contributed by atoms with van der Waals surface area (Å²) >= 11 is 0. The summed E-state index contributed by atoms with van der Waals surface area (Å²) in [5, 5.41) is 9.10. The lowest BCUT2D eigenvalue weighted by Gasteiger charge is -2.37. The molecule has 0 unspecified atom stereocenters. The number of amides is 1. The number of aromatic nitrogens is 1. The molecule has 0 spiro atoms. The molecule has 20 heavy (non-hydrogen) atoms. The molecule has 0 saturated carbocycles. The number of nitrogens with zero attached hydrogens (tertiary/aromatic N) is 2. The first-order chi connectivity index (χ1) is 9.04. The summed E-state index contributed by atoms with van der Waals surface area (Å²) in [5.74, 6) is -1.58. The Kier molecular flexibility index (Phi) is 4.37. The van der Waals surface area contributed by atoms with Crippen LogP contribution in [0, 0.1) is 13.8 Å². The van der Waals surface area contributed by atoms with Gasteiger partial charge in [0.25, 0.3) is 5.91 Å². The van der Waals surface area contributed by atoms with Crippen molar-refractivity contribution in [2.75, 3.05) is 11.4 Å². The molecule has 6 heteroatoms. The fourth-order valence-corrected chi connectivity index (χ4v) is 2.14. The maximum atomic E-state index is 11.7. The monoisotopic (exact) mass is 279 g/mol. The second-order valence-electron chi connectivity index (χ2n) is 5.76. The molecule has 1 amide bonds. The Morgan fingerprint density at radius 3 is 2.30 bits per heavy atom. The van der Waals surface area contributed by atoms with E-state index in [1.807, 2.05) is 20.8 Å². The van der Waals surface area contributed by atoms with Crippen LogP contribution in [0.1, 0.15) is 42.5 Å². The van der Waals surface area contributed by atoms with Gasteiger partial charge in [-0.2, -0.15) is 0 Å². The van der Waals surface area contributed by atoms with Crippen molar-refractivity contribution in [2.45, 2.75) is 40.2 Å². The number of nitrogens with two attached hydrogens (primary N) is 1. The maximum Gasteiger partial charge on any atom is 0.323 e. The largest absolute Gasteiger partial charge is 0.480 e. The topological polar surface area (TPSA) is 96.5 Å². The van der Waals surface area contributed by atoms with Crippen LogP contribution in [0.2, 0.25) is 0 Å². The van der Waals surface area contributed by atoms with Crippen LogP contribution in [0.3, 0.4) is 0 Å². The van der Waals surface area contributed by atoms with Crippen LogP contribution in [0.4, 0.5) is 5.69 Å². The van der Waals surface area contributed by atoms with Crippen LogP contribution in [0.25, 0.3) is 0 Å². The van der Waals surface area contributed by atoms with E-state index in [1.54, 1.807) is 24.8 Å². The average molecular weight is 279 g/mol. The van der Waals surface area contributed by atoms with Crippen molar-refractivity contribution in [3.63, 3.8) is 0 Å². The zero-order chi connectivity index (χ0) is 15.7. The Balaban J connectivity index is 3.54. The van der Waals surface area contributed by atoms with Crippen LogP contribution in [-0.2, 0) is 4.79 Å². The number of carboxylic acid groups (broad SMARTS) is 1. The molecule has 3 N–H and O–H groups in total. The summed E-state index contributed by atoms with van der Waals surface area (Å²) in [7, 11) is 0. The minimum Gasteiger partial charge on any atom is -0.480 e. The molecule has 0 fully saturated rings. The zero-order valence-electron chi connectivity index (χ0n) is 12.5. The van der Waals surface area contributed by atoms with Crippen molar-refractivity contribution in [2.24, 2.45) is 5.73 Å². The predicted molar refractivity (Wildman–Crippen MR) is 77.0 cm³/mol. The van der Waals surface area contributed by atoms with Crippen LogP contribution < -0.4 is 10.6 Å². The lowest BCUT2D eigenvalue weighted by atomic mass is 10.0. The molecule has 0 saturated heterocycles.